The van der Waals surface area contributed by atoms with Gasteiger partial charge in [0.15, 0.2) is 0 Å². The fraction of sp³-hybridized carbons (Fsp3) is 0.278. The van der Waals surface area contributed by atoms with Gasteiger partial charge in [-0.1, -0.05) is 50.3 Å². The highest BCUT2D eigenvalue weighted by Gasteiger charge is 2.27. The molecular formula is C18H18FNO. The number of aliphatic hydroxyl groups excluding tert-OH is 1. The molecule has 0 spiro atoms. The van der Waals surface area contributed by atoms with Crippen LogP contribution in [0, 0.1) is 17.1 Å². The Kier molecular flexibility index (Phi) is 4.28. The number of allylic oxidation sites excluding steroid dienone is 6. The van der Waals surface area contributed by atoms with Gasteiger partial charge in [-0.2, -0.15) is 5.26 Å². The molecule has 0 amide bonds. The van der Waals surface area contributed by atoms with E-state index in [-0.39, 0.29) is 17.0 Å². The number of benzene rings is 1. The quantitative estimate of drug-likeness (QED) is 0.647. The molecular weight excluding hydrogens is 265 g/mol. The highest BCUT2D eigenvalue weighted by Crippen LogP contribution is 2.35. The number of aliphatic hydroxyl groups is 1. The van der Waals surface area contributed by atoms with E-state index in [0.717, 1.165) is 12.5 Å². The van der Waals surface area contributed by atoms with Gasteiger partial charge in [0.1, 0.15) is 11.6 Å². The molecule has 108 valence electrons. The summed E-state index contributed by atoms with van der Waals surface area (Å²) in [7, 11) is 0. The molecule has 2 nitrogen and oxygen atoms in total. The maximum atomic E-state index is 14.5. The summed E-state index contributed by atoms with van der Waals surface area (Å²) in [5.74, 6) is -0.745. The van der Waals surface area contributed by atoms with Crippen LogP contribution in [0.4, 0.5) is 4.39 Å². The Morgan fingerprint density at radius 2 is 2.24 bits per heavy atom. The number of hydrogen-bond acceptors (Lipinski definition) is 2. The highest BCUT2D eigenvalue weighted by molar-refractivity contribution is 5.39. The van der Waals surface area contributed by atoms with Gasteiger partial charge in [-0.25, -0.2) is 4.39 Å². The second kappa shape index (κ2) is 5.97. The molecule has 2 rings (SSSR count). The molecule has 0 fully saturated rings. The summed E-state index contributed by atoms with van der Waals surface area (Å²) in [6.45, 7) is 3.74. The largest absolute Gasteiger partial charge is 0.511 e. The van der Waals surface area contributed by atoms with Gasteiger partial charge in [0, 0.05) is 11.3 Å². The van der Waals surface area contributed by atoms with E-state index in [2.05, 4.69) is 0 Å². The van der Waals surface area contributed by atoms with Crippen LogP contribution >= 0.6 is 0 Å². The Bertz CT molecular complexity index is 666. The van der Waals surface area contributed by atoms with Crippen molar-refractivity contribution in [2.24, 2.45) is 0 Å². The van der Waals surface area contributed by atoms with Gasteiger partial charge in [-0.3, -0.25) is 0 Å². The van der Waals surface area contributed by atoms with Crippen LogP contribution in [0.25, 0.3) is 0 Å². The van der Waals surface area contributed by atoms with Gasteiger partial charge in [-0.05, 0) is 23.6 Å². The van der Waals surface area contributed by atoms with Gasteiger partial charge in [0.2, 0.25) is 0 Å². The van der Waals surface area contributed by atoms with Crippen molar-refractivity contribution in [1.82, 2.24) is 0 Å². The minimum absolute atomic E-state index is 0.0589. The molecule has 0 saturated carbocycles. The topological polar surface area (TPSA) is 44.0 Å². The van der Waals surface area contributed by atoms with Crippen LogP contribution in [0.2, 0.25) is 0 Å². The monoisotopic (exact) mass is 283 g/mol. The lowest BCUT2D eigenvalue weighted by molar-refractivity contribution is 0.375. The van der Waals surface area contributed by atoms with Gasteiger partial charge in [0.05, 0.1) is 12.1 Å². The molecule has 0 aliphatic heterocycles. The van der Waals surface area contributed by atoms with Crippen molar-refractivity contribution in [3.05, 3.63) is 71.3 Å². The minimum Gasteiger partial charge on any atom is -0.511 e. The number of nitrogens with zero attached hydrogens (tertiary/aromatic N) is 1. The maximum absolute atomic E-state index is 14.5. The van der Waals surface area contributed by atoms with Crippen molar-refractivity contribution in [3.8, 4) is 6.07 Å². The van der Waals surface area contributed by atoms with E-state index in [0.29, 0.717) is 11.1 Å². The van der Waals surface area contributed by atoms with Gasteiger partial charge >= 0.3 is 0 Å². The SMILES string of the molecule is C[C@H](/C(O)=C/C#N)c1ccc(C2(C)C=CC=CC2)c(F)c1. The number of nitriles is 1. The summed E-state index contributed by atoms with van der Waals surface area (Å²) in [5, 5.41) is 18.3. The van der Waals surface area contributed by atoms with Crippen molar-refractivity contribution >= 4 is 0 Å². The average molecular weight is 283 g/mol. The Labute approximate surface area is 124 Å². The standard InChI is InChI=1S/C18H18FNO/c1-13(17(21)8-11-20)14-6-7-15(16(19)12-14)18(2)9-4-3-5-10-18/h3-9,12-13,21H,10H2,1-2H3/b17-8-/t13-,18?/m0/s1. The molecule has 1 aliphatic rings. The molecule has 2 atom stereocenters. The van der Waals surface area contributed by atoms with Crippen molar-refractivity contribution in [1.29, 1.82) is 5.26 Å². The Morgan fingerprint density at radius 3 is 2.81 bits per heavy atom. The third-order valence-electron chi connectivity index (χ3n) is 4.02. The van der Waals surface area contributed by atoms with Crippen LogP contribution in [0.15, 0.2) is 54.3 Å². The molecule has 1 aliphatic carbocycles. The van der Waals surface area contributed by atoms with E-state index in [1.165, 1.54) is 6.07 Å². The van der Waals surface area contributed by atoms with Gasteiger partial charge in [-0.15, -0.1) is 0 Å². The number of rotatable bonds is 3. The van der Waals surface area contributed by atoms with Crippen molar-refractivity contribution in [2.45, 2.75) is 31.6 Å². The number of hydrogen-bond donors (Lipinski definition) is 1. The Balaban J connectivity index is 2.35. The predicted octanol–water partition coefficient (Wildman–Crippen LogP) is 4.67. The Hall–Kier alpha value is -2.34. The zero-order valence-corrected chi connectivity index (χ0v) is 12.2. The fourth-order valence-corrected chi connectivity index (χ4v) is 2.55. The molecule has 1 aromatic carbocycles. The number of halogens is 1. The maximum Gasteiger partial charge on any atom is 0.127 e. The van der Waals surface area contributed by atoms with Crippen LogP contribution in [-0.2, 0) is 5.41 Å². The lowest BCUT2D eigenvalue weighted by atomic mass is 9.76. The van der Waals surface area contributed by atoms with Crippen LogP contribution in [0.3, 0.4) is 0 Å². The Morgan fingerprint density at radius 1 is 1.48 bits per heavy atom. The van der Waals surface area contributed by atoms with Crippen molar-refractivity contribution < 1.29 is 9.50 Å². The van der Waals surface area contributed by atoms with Crippen molar-refractivity contribution in [3.63, 3.8) is 0 Å². The fourth-order valence-electron chi connectivity index (χ4n) is 2.55. The smallest absolute Gasteiger partial charge is 0.127 e. The highest BCUT2D eigenvalue weighted by atomic mass is 19.1. The van der Waals surface area contributed by atoms with Crippen LogP contribution in [0.1, 0.15) is 37.3 Å². The first-order valence-corrected chi connectivity index (χ1v) is 6.91. The van der Waals surface area contributed by atoms with Gasteiger partial charge < -0.3 is 5.11 Å². The summed E-state index contributed by atoms with van der Waals surface area (Å²) >= 11 is 0. The normalized spacial score (nSPS) is 22.9. The van der Waals surface area contributed by atoms with E-state index in [1.54, 1.807) is 19.1 Å². The summed E-state index contributed by atoms with van der Waals surface area (Å²) in [4.78, 5) is 0. The molecule has 1 N–H and O–H groups in total. The molecule has 0 heterocycles. The predicted molar refractivity (Wildman–Crippen MR) is 81.4 cm³/mol. The molecule has 1 unspecified atom stereocenters. The summed E-state index contributed by atoms with van der Waals surface area (Å²) in [6, 6.07) is 6.80. The second-order valence-corrected chi connectivity index (χ2v) is 5.57. The van der Waals surface area contributed by atoms with Crippen LogP contribution in [0.5, 0.6) is 0 Å². The third kappa shape index (κ3) is 3.05. The van der Waals surface area contributed by atoms with E-state index < -0.39 is 5.92 Å². The molecule has 0 bridgehead atoms. The van der Waals surface area contributed by atoms with E-state index in [1.807, 2.05) is 37.3 Å². The molecule has 3 heteroatoms. The lowest BCUT2D eigenvalue weighted by Crippen LogP contribution is -2.21. The average Bonchev–Trinajstić information content (AvgIpc) is 2.47. The molecule has 0 saturated heterocycles. The zero-order chi connectivity index (χ0) is 15.5. The van der Waals surface area contributed by atoms with Crippen LogP contribution in [-0.4, -0.2) is 5.11 Å². The summed E-state index contributed by atoms with van der Waals surface area (Å²) in [5.41, 5.74) is 0.951. The third-order valence-corrected chi connectivity index (χ3v) is 4.02. The second-order valence-electron chi connectivity index (χ2n) is 5.57. The van der Waals surface area contributed by atoms with Crippen molar-refractivity contribution in [2.75, 3.05) is 0 Å². The summed E-state index contributed by atoms with van der Waals surface area (Å²) < 4.78 is 14.5. The first-order valence-electron chi connectivity index (χ1n) is 6.91. The summed E-state index contributed by atoms with van der Waals surface area (Å²) in [6.07, 6.45) is 9.75. The first kappa shape index (κ1) is 15.1. The molecule has 0 aromatic heterocycles. The molecule has 0 radical (unpaired) electrons. The van der Waals surface area contributed by atoms with E-state index >= 15 is 0 Å². The van der Waals surface area contributed by atoms with E-state index in [9.17, 15) is 9.50 Å². The molecule has 1 aromatic rings. The molecule has 21 heavy (non-hydrogen) atoms. The first-order chi connectivity index (χ1) is 9.98. The zero-order valence-electron chi connectivity index (χ0n) is 12.2. The lowest BCUT2D eigenvalue weighted by Gasteiger charge is -2.28. The minimum atomic E-state index is -0.400. The van der Waals surface area contributed by atoms with E-state index in [4.69, 9.17) is 5.26 Å². The van der Waals surface area contributed by atoms with Gasteiger partial charge in [0.25, 0.3) is 0 Å². The van der Waals surface area contributed by atoms with Crippen LogP contribution < -0.4 is 0 Å².